The van der Waals surface area contributed by atoms with Crippen LogP contribution in [0.4, 0.5) is 0 Å². The molecule has 0 aliphatic heterocycles. The molecule has 4 aromatic rings. The first-order valence-corrected chi connectivity index (χ1v) is 11.6. The van der Waals surface area contributed by atoms with Gasteiger partial charge in [0.15, 0.2) is 5.16 Å². The molecule has 0 spiro atoms. The van der Waals surface area contributed by atoms with Crippen LogP contribution in [0.5, 0.6) is 0 Å². The van der Waals surface area contributed by atoms with Crippen LogP contribution in [0.2, 0.25) is 5.02 Å². The first-order chi connectivity index (χ1) is 14.1. The normalized spacial score (nSPS) is 14.0. The molecule has 1 aliphatic rings. The molecule has 1 aromatic carbocycles. The lowest BCUT2D eigenvalue weighted by molar-refractivity contribution is 0.559. The summed E-state index contributed by atoms with van der Waals surface area (Å²) in [5.74, 6) is 1.61. The number of aryl methyl sites for hydroxylation is 1. The summed E-state index contributed by atoms with van der Waals surface area (Å²) in [6.07, 6.45) is 3.13. The molecule has 1 saturated carbocycles. The van der Waals surface area contributed by atoms with E-state index >= 15 is 0 Å². The fourth-order valence-electron chi connectivity index (χ4n) is 3.40. The van der Waals surface area contributed by atoms with Gasteiger partial charge in [-0.2, -0.15) is 0 Å². The van der Waals surface area contributed by atoms with E-state index in [9.17, 15) is 4.79 Å². The van der Waals surface area contributed by atoms with Crippen LogP contribution in [-0.2, 0) is 12.2 Å². The second-order valence-corrected chi connectivity index (χ2v) is 9.61. The number of nitrogens with zero attached hydrogens (tertiary/aromatic N) is 3. The summed E-state index contributed by atoms with van der Waals surface area (Å²) >= 11 is 9.65. The van der Waals surface area contributed by atoms with Crippen molar-refractivity contribution in [1.29, 1.82) is 0 Å². The van der Waals surface area contributed by atoms with Gasteiger partial charge in [0.25, 0.3) is 0 Å². The minimum absolute atomic E-state index is 0.350. The monoisotopic (exact) mass is 443 g/mol. The number of halogens is 1. The Kier molecular flexibility index (Phi) is 4.97. The Balaban J connectivity index is 1.45. The summed E-state index contributed by atoms with van der Waals surface area (Å²) in [5.41, 5.74) is 2.00. The largest absolute Gasteiger partial charge is 0.423 e. The second kappa shape index (κ2) is 7.63. The summed E-state index contributed by atoms with van der Waals surface area (Å²) in [6, 6.07) is 9.91. The summed E-state index contributed by atoms with van der Waals surface area (Å²) in [5, 5.41) is 13.4. The van der Waals surface area contributed by atoms with Crippen molar-refractivity contribution in [3.63, 3.8) is 0 Å². The van der Waals surface area contributed by atoms with E-state index < -0.39 is 0 Å². The molecule has 148 valence electrons. The first-order valence-electron chi connectivity index (χ1n) is 9.40. The number of rotatable bonds is 6. The van der Waals surface area contributed by atoms with Crippen molar-refractivity contribution in [2.24, 2.45) is 0 Å². The summed E-state index contributed by atoms with van der Waals surface area (Å²) in [6.45, 7) is 1.90. The van der Waals surface area contributed by atoms with Crippen molar-refractivity contribution in [3.8, 4) is 0 Å². The Morgan fingerprint density at radius 1 is 1.31 bits per heavy atom. The lowest BCUT2D eigenvalue weighted by atomic mass is 10.1. The molecule has 8 heteroatoms. The molecule has 3 heterocycles. The standard InChI is InChI=1S/C21H18ClN3O2S2/c1-12-7-18-16(10-17(12)22)13(8-20(26)27-18)11-29-21-24-23-19(25(21)14-4-5-14)9-15-3-2-6-28-15/h2-3,6-8,10,14H,4-5,9,11H2,1H3. The van der Waals surface area contributed by atoms with Crippen molar-refractivity contribution in [2.45, 2.75) is 43.1 Å². The topological polar surface area (TPSA) is 60.9 Å². The number of hydrogen-bond acceptors (Lipinski definition) is 6. The van der Waals surface area contributed by atoms with Crippen molar-refractivity contribution in [2.75, 3.05) is 0 Å². The van der Waals surface area contributed by atoms with Crippen LogP contribution in [0.1, 0.15) is 40.7 Å². The van der Waals surface area contributed by atoms with Gasteiger partial charge in [0.1, 0.15) is 11.4 Å². The van der Waals surface area contributed by atoms with Gasteiger partial charge in [0.2, 0.25) is 0 Å². The Morgan fingerprint density at radius 3 is 2.93 bits per heavy atom. The summed E-state index contributed by atoms with van der Waals surface area (Å²) in [4.78, 5) is 13.3. The van der Waals surface area contributed by atoms with Crippen molar-refractivity contribution < 1.29 is 4.42 Å². The predicted molar refractivity (Wildman–Crippen MR) is 117 cm³/mol. The maximum atomic E-state index is 12.0. The van der Waals surface area contributed by atoms with E-state index in [-0.39, 0.29) is 5.63 Å². The maximum Gasteiger partial charge on any atom is 0.336 e. The number of aromatic nitrogens is 3. The Labute approximate surface area is 180 Å². The molecule has 1 fully saturated rings. The summed E-state index contributed by atoms with van der Waals surface area (Å²) in [7, 11) is 0. The Bertz CT molecular complexity index is 1240. The zero-order chi connectivity index (χ0) is 20.0. The third kappa shape index (κ3) is 3.86. The van der Waals surface area contributed by atoms with Gasteiger partial charge in [-0.3, -0.25) is 0 Å². The lowest BCUT2D eigenvalue weighted by Gasteiger charge is -2.10. The van der Waals surface area contributed by atoms with Gasteiger partial charge in [-0.25, -0.2) is 4.79 Å². The average Bonchev–Trinajstić information content (AvgIpc) is 3.24. The Hall–Kier alpha value is -2.09. The van der Waals surface area contributed by atoms with Crippen LogP contribution in [-0.4, -0.2) is 14.8 Å². The third-order valence-electron chi connectivity index (χ3n) is 5.03. The lowest BCUT2D eigenvalue weighted by Crippen LogP contribution is -2.04. The van der Waals surface area contributed by atoms with E-state index in [1.165, 1.54) is 4.88 Å². The minimum atomic E-state index is -0.350. The minimum Gasteiger partial charge on any atom is -0.423 e. The van der Waals surface area contributed by atoms with Crippen LogP contribution < -0.4 is 5.63 Å². The highest BCUT2D eigenvalue weighted by Gasteiger charge is 2.29. The second-order valence-electron chi connectivity index (χ2n) is 7.23. The van der Waals surface area contributed by atoms with Gasteiger partial charge in [0.05, 0.1) is 0 Å². The van der Waals surface area contributed by atoms with Gasteiger partial charge in [-0.15, -0.1) is 21.5 Å². The number of thiophene rings is 1. The first kappa shape index (κ1) is 18.9. The summed E-state index contributed by atoms with van der Waals surface area (Å²) < 4.78 is 7.64. The number of fused-ring (bicyclic) bond motifs is 1. The van der Waals surface area contributed by atoms with Crippen LogP contribution in [0.15, 0.2) is 50.1 Å². The Morgan fingerprint density at radius 2 is 2.17 bits per heavy atom. The highest BCUT2D eigenvalue weighted by Crippen LogP contribution is 2.40. The highest BCUT2D eigenvalue weighted by atomic mass is 35.5. The number of thioether (sulfide) groups is 1. The maximum absolute atomic E-state index is 12.0. The molecular formula is C21H18ClN3O2S2. The molecule has 0 unspecified atom stereocenters. The van der Waals surface area contributed by atoms with Gasteiger partial charge in [-0.05, 0) is 54.5 Å². The van der Waals surface area contributed by atoms with E-state index in [0.29, 0.717) is 22.4 Å². The van der Waals surface area contributed by atoms with Crippen LogP contribution in [0, 0.1) is 6.92 Å². The van der Waals surface area contributed by atoms with Gasteiger partial charge in [-0.1, -0.05) is 29.4 Å². The van der Waals surface area contributed by atoms with Gasteiger partial charge >= 0.3 is 5.63 Å². The smallest absolute Gasteiger partial charge is 0.336 e. The highest BCUT2D eigenvalue weighted by molar-refractivity contribution is 7.98. The van der Waals surface area contributed by atoms with Crippen molar-refractivity contribution in [1.82, 2.24) is 14.8 Å². The fourth-order valence-corrected chi connectivity index (χ4v) is 5.29. The average molecular weight is 444 g/mol. The molecule has 3 aromatic heterocycles. The molecule has 0 radical (unpaired) electrons. The number of benzene rings is 1. The quantitative estimate of drug-likeness (QED) is 0.285. The predicted octanol–water partition coefficient (Wildman–Crippen LogP) is 5.63. The molecular weight excluding hydrogens is 426 g/mol. The van der Waals surface area contributed by atoms with Crippen LogP contribution >= 0.6 is 34.7 Å². The van der Waals surface area contributed by atoms with Gasteiger partial charge in [0, 0.05) is 39.6 Å². The van der Waals surface area contributed by atoms with Crippen molar-refractivity contribution >= 4 is 45.7 Å². The van der Waals surface area contributed by atoms with E-state index in [2.05, 4.69) is 32.3 Å². The van der Waals surface area contributed by atoms with Crippen molar-refractivity contribution in [3.05, 3.63) is 73.0 Å². The van der Waals surface area contributed by atoms with Gasteiger partial charge < -0.3 is 8.98 Å². The molecule has 1 aliphatic carbocycles. The third-order valence-corrected chi connectivity index (χ3v) is 7.30. The molecule has 29 heavy (non-hydrogen) atoms. The van der Waals surface area contributed by atoms with E-state index in [0.717, 1.165) is 46.8 Å². The molecule has 0 amide bonds. The molecule has 0 bridgehead atoms. The van der Waals surface area contributed by atoms with E-state index in [1.807, 2.05) is 19.1 Å². The van der Waals surface area contributed by atoms with E-state index in [4.69, 9.17) is 16.0 Å². The zero-order valence-electron chi connectivity index (χ0n) is 15.7. The SMILES string of the molecule is Cc1cc2oc(=O)cc(CSc3nnc(Cc4cccs4)n3C3CC3)c2cc1Cl. The molecule has 0 saturated heterocycles. The zero-order valence-corrected chi connectivity index (χ0v) is 18.1. The molecule has 0 N–H and O–H groups in total. The van der Waals surface area contributed by atoms with Crippen LogP contribution in [0.25, 0.3) is 11.0 Å². The van der Waals surface area contributed by atoms with E-state index in [1.54, 1.807) is 29.2 Å². The molecule has 5 rings (SSSR count). The molecule has 0 atom stereocenters. The fraction of sp³-hybridized carbons (Fsp3) is 0.286. The number of hydrogen-bond donors (Lipinski definition) is 0. The molecule has 5 nitrogen and oxygen atoms in total. The van der Waals surface area contributed by atoms with Crippen LogP contribution in [0.3, 0.4) is 0 Å².